The lowest BCUT2D eigenvalue weighted by Gasteiger charge is -2.12. The molecule has 10 heteroatoms. The summed E-state index contributed by atoms with van der Waals surface area (Å²) in [5.74, 6) is 4.03. The molecule has 0 radical (unpaired) electrons. The van der Waals surface area contributed by atoms with Crippen LogP contribution in [-0.2, 0) is 18.8 Å². The lowest BCUT2D eigenvalue weighted by atomic mass is 10.1. The Morgan fingerprint density at radius 3 is 1.54 bits per heavy atom. The van der Waals surface area contributed by atoms with Gasteiger partial charge in [-0.3, -0.25) is 0 Å². The number of nitrogens with zero attached hydrogens (tertiary/aromatic N) is 6. The molecule has 4 aromatic heterocycles. The van der Waals surface area contributed by atoms with E-state index in [1.807, 2.05) is 42.5 Å². The SMILES string of the molecule is CC(C)Cn1c(SCc2ccccc2)nc2c(N)nc3ccccc3c21.CCCSc1nc2c(N)nc3ccccc3c2n1CC(C)C. The maximum absolute atomic E-state index is 6.25. The first-order valence-electron chi connectivity index (χ1n) is 16.6. The maximum atomic E-state index is 6.25. The fraction of sp³-hybridized carbons (Fsp3) is 0.316. The number of nitrogen functional groups attached to an aromatic ring is 2. The van der Waals surface area contributed by atoms with Gasteiger partial charge in [0.1, 0.15) is 11.0 Å². The molecule has 0 aliphatic rings. The number of hydrogen-bond acceptors (Lipinski definition) is 8. The van der Waals surface area contributed by atoms with Crippen LogP contribution in [0, 0.1) is 11.8 Å². The van der Waals surface area contributed by atoms with Gasteiger partial charge in [-0.25, -0.2) is 19.9 Å². The van der Waals surface area contributed by atoms with Crippen LogP contribution in [0.25, 0.3) is 43.9 Å². The van der Waals surface area contributed by atoms with Crippen LogP contribution >= 0.6 is 23.5 Å². The highest BCUT2D eigenvalue weighted by atomic mass is 32.2. The summed E-state index contributed by atoms with van der Waals surface area (Å²) < 4.78 is 4.63. The number of hydrogen-bond donors (Lipinski definition) is 2. The van der Waals surface area contributed by atoms with Crippen LogP contribution in [0.1, 0.15) is 46.6 Å². The molecule has 0 saturated heterocycles. The highest BCUT2D eigenvalue weighted by Gasteiger charge is 2.19. The Kier molecular flexibility index (Phi) is 10.4. The van der Waals surface area contributed by atoms with Crippen molar-refractivity contribution >= 4 is 79.0 Å². The number of para-hydroxylation sites is 2. The minimum absolute atomic E-state index is 0.503. The fourth-order valence-corrected chi connectivity index (χ4v) is 7.71. The second kappa shape index (κ2) is 14.9. The Bertz CT molecular complexity index is 2170. The van der Waals surface area contributed by atoms with Gasteiger partial charge in [0, 0.05) is 35.4 Å². The third-order valence-electron chi connectivity index (χ3n) is 7.89. The lowest BCUT2D eigenvalue weighted by Crippen LogP contribution is -2.06. The van der Waals surface area contributed by atoms with Crippen LogP contribution in [0.5, 0.6) is 0 Å². The molecule has 0 bridgehead atoms. The number of fused-ring (bicyclic) bond motifs is 6. The van der Waals surface area contributed by atoms with Crippen LogP contribution in [0.15, 0.2) is 89.2 Å². The smallest absolute Gasteiger partial charge is 0.169 e. The normalized spacial score (nSPS) is 11.7. The molecular formula is C38H44N8S2. The van der Waals surface area contributed by atoms with E-state index in [1.54, 1.807) is 23.5 Å². The summed E-state index contributed by atoms with van der Waals surface area (Å²) in [6.45, 7) is 12.9. The van der Waals surface area contributed by atoms with E-state index >= 15 is 0 Å². The summed E-state index contributed by atoms with van der Waals surface area (Å²) in [5.41, 5.74) is 19.4. The van der Waals surface area contributed by atoms with E-state index in [-0.39, 0.29) is 0 Å². The summed E-state index contributed by atoms with van der Waals surface area (Å²) in [6, 6.07) is 26.8. The van der Waals surface area contributed by atoms with Crippen molar-refractivity contribution in [3.63, 3.8) is 0 Å². The van der Waals surface area contributed by atoms with Crippen molar-refractivity contribution in [3.8, 4) is 0 Å². The monoisotopic (exact) mass is 676 g/mol. The Hall–Kier alpha value is -4.28. The average Bonchev–Trinajstić information content (AvgIpc) is 3.62. The van der Waals surface area contributed by atoms with E-state index in [1.165, 1.54) is 5.56 Å². The lowest BCUT2D eigenvalue weighted by molar-refractivity contribution is 0.505. The number of pyridine rings is 2. The molecule has 0 aliphatic carbocycles. The zero-order valence-corrected chi connectivity index (χ0v) is 30.0. The number of aromatic nitrogens is 6. The van der Waals surface area contributed by atoms with Crippen LogP contribution in [0.2, 0.25) is 0 Å². The van der Waals surface area contributed by atoms with Crippen molar-refractivity contribution in [2.45, 2.75) is 70.2 Å². The predicted octanol–water partition coefficient (Wildman–Crippen LogP) is 9.44. The first-order valence-corrected chi connectivity index (χ1v) is 18.6. The predicted molar refractivity (Wildman–Crippen MR) is 206 cm³/mol. The standard InChI is InChI=1S/C21H22N4S.C17H22N4S/c1-14(2)12-25-19-16-10-6-7-11-17(16)23-20(22)18(19)24-21(25)26-13-15-8-4-3-5-9-15;1-4-9-22-17-20-14-15(21(17)10-11(2)3)12-7-5-6-8-13(12)19-16(14)18/h3-11,14H,12-13H2,1-2H3,(H2,22,23);5-8,11H,4,9-10H2,1-3H3,(H2,18,19). The maximum Gasteiger partial charge on any atom is 0.169 e. The molecule has 4 heterocycles. The van der Waals surface area contributed by atoms with Gasteiger partial charge in [-0.1, -0.05) is 125 Å². The molecule has 7 aromatic rings. The number of nitrogens with two attached hydrogens (primary N) is 2. The third-order valence-corrected chi connectivity index (χ3v) is 10.1. The van der Waals surface area contributed by atoms with E-state index in [0.717, 1.165) is 85.2 Å². The molecule has 0 atom stereocenters. The highest BCUT2D eigenvalue weighted by Crippen LogP contribution is 2.35. The fourth-order valence-electron chi connectivity index (χ4n) is 5.88. The van der Waals surface area contributed by atoms with Crippen LogP contribution in [0.3, 0.4) is 0 Å². The molecule has 248 valence electrons. The van der Waals surface area contributed by atoms with E-state index in [0.29, 0.717) is 23.5 Å². The topological polar surface area (TPSA) is 113 Å². The Morgan fingerprint density at radius 1 is 0.604 bits per heavy atom. The van der Waals surface area contributed by atoms with E-state index in [4.69, 9.17) is 21.4 Å². The Balaban J connectivity index is 0.000000170. The molecular weight excluding hydrogens is 633 g/mol. The van der Waals surface area contributed by atoms with Gasteiger partial charge >= 0.3 is 0 Å². The molecule has 7 rings (SSSR count). The molecule has 8 nitrogen and oxygen atoms in total. The van der Waals surface area contributed by atoms with Crippen molar-refractivity contribution in [3.05, 3.63) is 84.4 Å². The van der Waals surface area contributed by atoms with Gasteiger partial charge in [0.05, 0.1) is 22.1 Å². The van der Waals surface area contributed by atoms with Gasteiger partial charge in [0.25, 0.3) is 0 Å². The van der Waals surface area contributed by atoms with E-state index < -0.39 is 0 Å². The number of rotatable bonds is 10. The van der Waals surface area contributed by atoms with Gasteiger partial charge in [-0.15, -0.1) is 0 Å². The highest BCUT2D eigenvalue weighted by molar-refractivity contribution is 7.99. The molecule has 0 aliphatic heterocycles. The number of imidazole rings is 2. The van der Waals surface area contributed by atoms with Gasteiger partial charge in [-0.2, -0.15) is 0 Å². The van der Waals surface area contributed by atoms with Gasteiger partial charge in [0.15, 0.2) is 21.9 Å². The summed E-state index contributed by atoms with van der Waals surface area (Å²) >= 11 is 3.55. The van der Waals surface area contributed by atoms with Crippen LogP contribution in [0.4, 0.5) is 11.6 Å². The summed E-state index contributed by atoms with van der Waals surface area (Å²) in [5, 5.41) is 4.29. The number of benzene rings is 3. The minimum Gasteiger partial charge on any atom is -0.382 e. The Labute approximate surface area is 290 Å². The third kappa shape index (κ3) is 7.10. The summed E-state index contributed by atoms with van der Waals surface area (Å²) in [4.78, 5) is 18.7. The van der Waals surface area contributed by atoms with Gasteiger partial charge < -0.3 is 20.6 Å². The summed E-state index contributed by atoms with van der Waals surface area (Å²) in [7, 11) is 0. The van der Waals surface area contributed by atoms with Gasteiger partial charge in [-0.05, 0) is 36.0 Å². The molecule has 0 unspecified atom stereocenters. The van der Waals surface area contributed by atoms with Gasteiger partial charge in [0.2, 0.25) is 0 Å². The zero-order chi connectivity index (χ0) is 33.8. The molecule has 4 N–H and O–H groups in total. The molecule has 0 saturated carbocycles. The molecule has 0 spiro atoms. The molecule has 0 fully saturated rings. The van der Waals surface area contributed by atoms with Crippen molar-refractivity contribution in [1.29, 1.82) is 0 Å². The summed E-state index contributed by atoms with van der Waals surface area (Å²) in [6.07, 6.45) is 1.13. The van der Waals surface area contributed by atoms with Crippen molar-refractivity contribution in [2.24, 2.45) is 11.8 Å². The molecule has 3 aromatic carbocycles. The quantitative estimate of drug-likeness (QED) is 0.138. The largest absolute Gasteiger partial charge is 0.382 e. The minimum atomic E-state index is 0.503. The first-order chi connectivity index (χ1) is 23.2. The Morgan fingerprint density at radius 2 is 1.06 bits per heavy atom. The van der Waals surface area contributed by atoms with Crippen molar-refractivity contribution in [1.82, 2.24) is 29.1 Å². The second-order valence-electron chi connectivity index (χ2n) is 12.8. The first kappa shape index (κ1) is 33.6. The molecule has 0 amide bonds. The van der Waals surface area contributed by atoms with Crippen LogP contribution in [-0.4, -0.2) is 34.8 Å². The van der Waals surface area contributed by atoms with Crippen molar-refractivity contribution in [2.75, 3.05) is 17.2 Å². The zero-order valence-electron chi connectivity index (χ0n) is 28.4. The average molecular weight is 677 g/mol. The van der Waals surface area contributed by atoms with Crippen molar-refractivity contribution < 1.29 is 0 Å². The van der Waals surface area contributed by atoms with Crippen LogP contribution < -0.4 is 11.5 Å². The number of thioether (sulfide) groups is 2. The second-order valence-corrected chi connectivity index (χ2v) is 14.8. The van der Waals surface area contributed by atoms with E-state index in [2.05, 4.69) is 90.1 Å². The van der Waals surface area contributed by atoms with E-state index in [9.17, 15) is 0 Å². The molecule has 48 heavy (non-hydrogen) atoms. The number of anilines is 2.